The van der Waals surface area contributed by atoms with Crippen molar-refractivity contribution in [1.82, 2.24) is 10.1 Å². The zero-order valence-corrected chi connectivity index (χ0v) is 16.5. The van der Waals surface area contributed by atoms with Crippen LogP contribution in [0, 0.1) is 5.92 Å². The van der Waals surface area contributed by atoms with Gasteiger partial charge in [0.15, 0.2) is 0 Å². The normalized spacial score (nSPS) is 20.1. The van der Waals surface area contributed by atoms with Crippen molar-refractivity contribution >= 4 is 11.8 Å². The number of nitrogens with zero attached hydrogens (tertiary/aromatic N) is 3. The highest BCUT2D eigenvalue weighted by molar-refractivity contribution is 5.80. The molecule has 0 atom stereocenters. The third-order valence-electron chi connectivity index (χ3n) is 6.51. The van der Waals surface area contributed by atoms with E-state index in [2.05, 4.69) is 27.1 Å². The van der Waals surface area contributed by atoms with Gasteiger partial charge < -0.3 is 14.3 Å². The van der Waals surface area contributed by atoms with Gasteiger partial charge in [-0.25, -0.2) is 0 Å². The van der Waals surface area contributed by atoms with Crippen LogP contribution in [0.5, 0.6) is 0 Å². The number of hydrogen-bond donors (Lipinski definition) is 0. The van der Waals surface area contributed by atoms with E-state index in [-0.39, 0.29) is 5.92 Å². The monoisotopic (exact) mass is 379 g/mol. The number of benzene rings is 1. The van der Waals surface area contributed by atoms with E-state index >= 15 is 0 Å². The fourth-order valence-corrected chi connectivity index (χ4v) is 4.79. The van der Waals surface area contributed by atoms with Gasteiger partial charge >= 0.3 is 0 Å². The Morgan fingerprint density at radius 3 is 2.43 bits per heavy atom. The van der Waals surface area contributed by atoms with Crippen LogP contribution >= 0.6 is 0 Å². The number of amides is 1. The summed E-state index contributed by atoms with van der Waals surface area (Å²) in [4.78, 5) is 17.7. The van der Waals surface area contributed by atoms with Crippen molar-refractivity contribution in [3.63, 3.8) is 0 Å². The lowest BCUT2D eigenvalue weighted by Crippen LogP contribution is -2.37. The second-order valence-electron chi connectivity index (χ2n) is 8.55. The molecule has 5 rings (SSSR count). The maximum atomic E-state index is 13.3. The van der Waals surface area contributed by atoms with Crippen LogP contribution in [0.3, 0.4) is 0 Å². The molecule has 148 valence electrons. The number of hydrogen-bond acceptors (Lipinski definition) is 4. The molecule has 1 aromatic heterocycles. The van der Waals surface area contributed by atoms with Crippen molar-refractivity contribution < 1.29 is 9.32 Å². The zero-order valence-electron chi connectivity index (χ0n) is 16.5. The molecule has 1 amide bonds. The van der Waals surface area contributed by atoms with Gasteiger partial charge in [0.1, 0.15) is 5.69 Å². The van der Waals surface area contributed by atoms with Crippen molar-refractivity contribution in [2.24, 2.45) is 5.92 Å². The van der Waals surface area contributed by atoms with E-state index in [4.69, 9.17) is 4.52 Å². The highest BCUT2D eigenvalue weighted by atomic mass is 16.5. The summed E-state index contributed by atoms with van der Waals surface area (Å²) in [6.45, 7) is 2.65. The molecule has 2 heterocycles. The largest absolute Gasteiger partial charge is 0.340 e. The minimum absolute atomic E-state index is 0.218. The summed E-state index contributed by atoms with van der Waals surface area (Å²) < 4.78 is 5.88. The summed E-state index contributed by atoms with van der Waals surface area (Å²) in [7, 11) is 0. The molecule has 0 N–H and O–H groups in total. The second kappa shape index (κ2) is 7.61. The molecule has 0 unspecified atom stereocenters. The Kier molecular flexibility index (Phi) is 4.83. The van der Waals surface area contributed by atoms with E-state index < -0.39 is 0 Å². The van der Waals surface area contributed by atoms with Gasteiger partial charge in [-0.15, -0.1) is 0 Å². The molecular formula is C23H29N3O2. The van der Waals surface area contributed by atoms with Gasteiger partial charge in [0, 0.05) is 30.6 Å². The fourth-order valence-electron chi connectivity index (χ4n) is 4.79. The Morgan fingerprint density at radius 2 is 1.75 bits per heavy atom. The standard InChI is InChI=1S/C23H29N3O2/c27-22(18-10-4-5-11-18)26(19-12-13-19)16-20-21(17-8-2-1-3-9-17)24-28-23(20)25-14-6-7-15-25/h1-3,8-9,18-19H,4-7,10-16H2. The van der Waals surface area contributed by atoms with Crippen molar-refractivity contribution in [2.45, 2.75) is 64.0 Å². The van der Waals surface area contributed by atoms with Crippen molar-refractivity contribution in [1.29, 1.82) is 0 Å². The topological polar surface area (TPSA) is 49.6 Å². The lowest BCUT2D eigenvalue weighted by Gasteiger charge is -2.26. The van der Waals surface area contributed by atoms with Crippen molar-refractivity contribution in [3.05, 3.63) is 35.9 Å². The lowest BCUT2D eigenvalue weighted by molar-refractivity contribution is -0.136. The molecule has 0 radical (unpaired) electrons. The van der Waals surface area contributed by atoms with E-state index in [0.717, 1.165) is 61.5 Å². The summed E-state index contributed by atoms with van der Waals surface area (Å²) in [6, 6.07) is 10.6. The molecular weight excluding hydrogens is 350 g/mol. The van der Waals surface area contributed by atoms with Crippen molar-refractivity contribution in [2.75, 3.05) is 18.0 Å². The van der Waals surface area contributed by atoms with Crippen LogP contribution in [0.2, 0.25) is 0 Å². The molecule has 2 aromatic rings. The minimum atomic E-state index is 0.218. The van der Waals surface area contributed by atoms with Crippen LogP contribution in [0.1, 0.15) is 56.9 Å². The summed E-state index contributed by atoms with van der Waals surface area (Å²) in [5.41, 5.74) is 3.05. The Balaban J connectivity index is 1.49. The predicted molar refractivity (Wildman–Crippen MR) is 109 cm³/mol. The van der Waals surface area contributed by atoms with Crippen LogP contribution in [0.25, 0.3) is 11.3 Å². The van der Waals surface area contributed by atoms with Gasteiger partial charge in [0.25, 0.3) is 0 Å². The van der Waals surface area contributed by atoms with E-state index in [0.29, 0.717) is 18.5 Å². The molecule has 1 aromatic carbocycles. The third-order valence-corrected chi connectivity index (χ3v) is 6.51. The molecule has 28 heavy (non-hydrogen) atoms. The van der Waals surface area contributed by atoms with Crippen LogP contribution in [-0.4, -0.2) is 35.1 Å². The highest BCUT2D eigenvalue weighted by Crippen LogP contribution is 2.38. The van der Waals surface area contributed by atoms with Gasteiger partial charge in [-0.1, -0.05) is 48.3 Å². The predicted octanol–water partition coefficient (Wildman–Crippen LogP) is 4.62. The third kappa shape index (κ3) is 3.43. The number of rotatable bonds is 6. The Bertz CT molecular complexity index is 816. The molecule has 2 saturated carbocycles. The van der Waals surface area contributed by atoms with Crippen LogP contribution < -0.4 is 4.90 Å². The summed E-state index contributed by atoms with van der Waals surface area (Å²) >= 11 is 0. The first kappa shape index (κ1) is 17.8. The van der Waals surface area contributed by atoms with Gasteiger partial charge in [0.2, 0.25) is 11.8 Å². The summed E-state index contributed by atoms with van der Waals surface area (Å²) in [5, 5.41) is 4.47. The van der Waals surface area contributed by atoms with Gasteiger partial charge in [-0.05, 0) is 38.5 Å². The average molecular weight is 380 g/mol. The van der Waals surface area contributed by atoms with E-state index in [9.17, 15) is 4.79 Å². The quantitative estimate of drug-likeness (QED) is 0.735. The number of carbonyl (C=O) groups excluding carboxylic acids is 1. The maximum Gasteiger partial charge on any atom is 0.232 e. The highest BCUT2D eigenvalue weighted by Gasteiger charge is 2.38. The molecule has 0 spiro atoms. The number of carbonyl (C=O) groups is 1. The van der Waals surface area contributed by atoms with Crippen LogP contribution in [0.15, 0.2) is 34.9 Å². The molecule has 3 aliphatic rings. The number of aromatic nitrogens is 1. The van der Waals surface area contributed by atoms with E-state index in [1.165, 1.54) is 25.7 Å². The zero-order chi connectivity index (χ0) is 18.9. The second-order valence-corrected chi connectivity index (χ2v) is 8.55. The van der Waals surface area contributed by atoms with Crippen LogP contribution in [0.4, 0.5) is 5.88 Å². The molecule has 1 saturated heterocycles. The fraction of sp³-hybridized carbons (Fsp3) is 0.565. The Morgan fingerprint density at radius 1 is 1.04 bits per heavy atom. The Labute approximate surface area is 166 Å². The first-order valence-electron chi connectivity index (χ1n) is 10.9. The SMILES string of the molecule is O=C(C1CCCC1)N(Cc1c(-c2ccccc2)noc1N1CCCC1)C1CC1. The smallest absolute Gasteiger partial charge is 0.232 e. The summed E-state index contributed by atoms with van der Waals surface area (Å²) in [5.74, 6) is 1.45. The van der Waals surface area contributed by atoms with Gasteiger partial charge in [-0.2, -0.15) is 0 Å². The molecule has 3 fully saturated rings. The first-order chi connectivity index (χ1) is 13.8. The van der Waals surface area contributed by atoms with Crippen molar-refractivity contribution in [3.8, 4) is 11.3 Å². The van der Waals surface area contributed by atoms with Gasteiger partial charge in [-0.3, -0.25) is 4.79 Å². The average Bonchev–Trinajstić information content (AvgIpc) is 3.15. The first-order valence-corrected chi connectivity index (χ1v) is 10.9. The number of anilines is 1. The molecule has 5 nitrogen and oxygen atoms in total. The molecule has 5 heteroatoms. The maximum absolute atomic E-state index is 13.3. The van der Waals surface area contributed by atoms with E-state index in [1.807, 2.05) is 18.2 Å². The van der Waals surface area contributed by atoms with Gasteiger partial charge in [0.05, 0.1) is 12.1 Å². The molecule has 2 aliphatic carbocycles. The molecule has 0 bridgehead atoms. The lowest BCUT2D eigenvalue weighted by atomic mass is 10.0. The Hall–Kier alpha value is -2.30. The minimum Gasteiger partial charge on any atom is -0.340 e. The van der Waals surface area contributed by atoms with E-state index in [1.54, 1.807) is 0 Å². The molecule has 1 aliphatic heterocycles. The van der Waals surface area contributed by atoms with Crippen LogP contribution in [-0.2, 0) is 11.3 Å². The summed E-state index contributed by atoms with van der Waals surface area (Å²) in [6.07, 6.45) is 9.12.